The van der Waals surface area contributed by atoms with Crippen molar-refractivity contribution in [3.8, 4) is 0 Å². The van der Waals surface area contributed by atoms with Crippen molar-refractivity contribution in [3.05, 3.63) is 34.9 Å². The summed E-state index contributed by atoms with van der Waals surface area (Å²) in [5.41, 5.74) is 0.0943. The highest BCUT2D eigenvalue weighted by atomic mass is 35.5. The van der Waals surface area contributed by atoms with Crippen LogP contribution >= 0.6 is 11.6 Å². The Balaban J connectivity index is 2.55. The predicted octanol–water partition coefficient (Wildman–Crippen LogP) is -1.07. The van der Waals surface area contributed by atoms with Gasteiger partial charge in [0, 0.05) is 0 Å². The van der Waals surface area contributed by atoms with E-state index in [2.05, 4.69) is 0 Å². The van der Waals surface area contributed by atoms with E-state index in [9.17, 15) is 20.1 Å². The molecule has 0 aromatic heterocycles. The van der Waals surface area contributed by atoms with Crippen molar-refractivity contribution in [2.45, 2.75) is 24.4 Å². The zero-order chi connectivity index (χ0) is 16.0. The van der Waals surface area contributed by atoms with Gasteiger partial charge in [0.05, 0.1) is 17.2 Å². The molecule has 0 aliphatic carbocycles. The molecule has 1 aromatic rings. The summed E-state index contributed by atoms with van der Waals surface area (Å²) in [6.45, 7) is -1.40. The van der Waals surface area contributed by atoms with Gasteiger partial charge in [-0.05, 0) is 12.1 Å². The van der Waals surface area contributed by atoms with Gasteiger partial charge in [-0.15, -0.1) is 0 Å². The topological polar surface area (TPSA) is 127 Å². The Labute approximate surface area is 126 Å². The Bertz CT molecular complexity index is 468. The maximum Gasteiger partial charge on any atom is 0.339 e. The quantitative estimate of drug-likeness (QED) is 0.405. The minimum atomic E-state index is -1.79. The summed E-state index contributed by atoms with van der Waals surface area (Å²) >= 11 is 5.79. The van der Waals surface area contributed by atoms with Crippen molar-refractivity contribution in [3.63, 3.8) is 0 Å². The van der Waals surface area contributed by atoms with Crippen molar-refractivity contribution in [1.29, 1.82) is 0 Å². The molecule has 0 aliphatic heterocycles. The summed E-state index contributed by atoms with van der Waals surface area (Å²) in [6, 6.07) is 6.13. The van der Waals surface area contributed by atoms with Gasteiger partial charge in [-0.2, -0.15) is 0 Å². The third kappa shape index (κ3) is 4.92. The number of hydrogen-bond donors (Lipinski definition) is 5. The second-order valence-corrected chi connectivity index (χ2v) is 4.78. The number of aliphatic hydroxyl groups excluding tert-OH is 5. The third-order valence-corrected chi connectivity index (χ3v) is 3.13. The molecule has 5 N–H and O–H groups in total. The summed E-state index contributed by atoms with van der Waals surface area (Å²) in [7, 11) is 0. The van der Waals surface area contributed by atoms with Gasteiger partial charge in [0.15, 0.2) is 0 Å². The van der Waals surface area contributed by atoms with Crippen LogP contribution in [0, 0.1) is 0 Å². The first kappa shape index (κ1) is 17.8. The Morgan fingerprint density at radius 1 is 1.10 bits per heavy atom. The van der Waals surface area contributed by atoms with Gasteiger partial charge < -0.3 is 30.3 Å². The summed E-state index contributed by atoms with van der Waals surface area (Å²) < 4.78 is 4.77. The molecule has 4 atom stereocenters. The number of hydrogen-bond acceptors (Lipinski definition) is 7. The Kier molecular flexibility index (Phi) is 7.03. The zero-order valence-corrected chi connectivity index (χ0v) is 11.7. The maximum atomic E-state index is 11.7. The summed E-state index contributed by atoms with van der Waals surface area (Å²) in [4.78, 5) is 11.7. The first-order valence-corrected chi connectivity index (χ1v) is 6.51. The van der Waals surface area contributed by atoms with Crippen LogP contribution in [-0.2, 0) is 4.74 Å². The van der Waals surface area contributed by atoms with Gasteiger partial charge in [0.2, 0.25) is 0 Å². The molecular formula is C13H17ClO7. The van der Waals surface area contributed by atoms with Gasteiger partial charge in [-0.25, -0.2) is 4.79 Å². The number of carbonyl (C=O) groups is 1. The van der Waals surface area contributed by atoms with Gasteiger partial charge in [0.1, 0.15) is 31.0 Å². The maximum absolute atomic E-state index is 11.7. The van der Waals surface area contributed by atoms with Crippen molar-refractivity contribution in [2.75, 3.05) is 13.2 Å². The lowest BCUT2D eigenvalue weighted by molar-refractivity contribution is -0.124. The van der Waals surface area contributed by atoms with E-state index in [4.69, 9.17) is 26.6 Å². The van der Waals surface area contributed by atoms with Crippen LogP contribution in [0.4, 0.5) is 0 Å². The minimum absolute atomic E-state index is 0.0943. The SMILES string of the molecule is O=C(OC[C@H](O)[C@@H](O)[C@H](O)[C@H](O)CO)c1ccccc1Cl. The summed E-state index contributed by atoms with van der Waals surface area (Å²) in [6.07, 6.45) is -6.81. The van der Waals surface area contributed by atoms with E-state index in [0.717, 1.165) is 0 Å². The Morgan fingerprint density at radius 2 is 1.67 bits per heavy atom. The van der Waals surface area contributed by atoms with E-state index in [0.29, 0.717) is 0 Å². The van der Waals surface area contributed by atoms with Crippen molar-refractivity contribution in [2.24, 2.45) is 0 Å². The number of rotatable bonds is 7. The fourth-order valence-electron chi connectivity index (χ4n) is 1.53. The molecule has 21 heavy (non-hydrogen) atoms. The van der Waals surface area contributed by atoms with Gasteiger partial charge in [0.25, 0.3) is 0 Å². The van der Waals surface area contributed by atoms with E-state index in [1.54, 1.807) is 12.1 Å². The van der Waals surface area contributed by atoms with Crippen molar-refractivity contribution in [1.82, 2.24) is 0 Å². The molecule has 0 saturated heterocycles. The molecule has 1 rings (SSSR count). The molecule has 0 spiro atoms. The fraction of sp³-hybridized carbons (Fsp3) is 0.462. The average molecular weight is 321 g/mol. The van der Waals surface area contributed by atoms with Crippen molar-refractivity contribution >= 4 is 17.6 Å². The molecule has 0 heterocycles. The molecule has 0 radical (unpaired) electrons. The number of halogens is 1. The van der Waals surface area contributed by atoms with Crippen LogP contribution < -0.4 is 0 Å². The van der Waals surface area contributed by atoms with Gasteiger partial charge >= 0.3 is 5.97 Å². The van der Waals surface area contributed by atoms with Crippen LogP contribution in [0.15, 0.2) is 24.3 Å². The number of ether oxygens (including phenoxy) is 1. The number of carbonyl (C=O) groups excluding carboxylic acids is 1. The number of aliphatic hydroxyl groups is 5. The predicted molar refractivity (Wildman–Crippen MR) is 72.8 cm³/mol. The van der Waals surface area contributed by atoms with E-state index in [1.165, 1.54) is 12.1 Å². The largest absolute Gasteiger partial charge is 0.459 e. The molecule has 0 fully saturated rings. The van der Waals surface area contributed by atoms with Crippen LogP contribution in [0.25, 0.3) is 0 Å². The average Bonchev–Trinajstić information content (AvgIpc) is 2.50. The highest BCUT2D eigenvalue weighted by molar-refractivity contribution is 6.33. The molecule has 0 amide bonds. The molecule has 1 aromatic carbocycles. The first-order chi connectivity index (χ1) is 9.88. The lowest BCUT2D eigenvalue weighted by atomic mass is 10.0. The van der Waals surface area contributed by atoms with E-state index >= 15 is 0 Å². The molecule has 7 nitrogen and oxygen atoms in total. The van der Waals surface area contributed by atoms with Crippen LogP contribution in [0.5, 0.6) is 0 Å². The van der Waals surface area contributed by atoms with E-state index in [-0.39, 0.29) is 10.6 Å². The number of benzene rings is 1. The fourth-order valence-corrected chi connectivity index (χ4v) is 1.74. The summed E-state index contributed by atoms with van der Waals surface area (Å²) in [5.74, 6) is -0.802. The minimum Gasteiger partial charge on any atom is -0.459 e. The molecule has 0 aliphatic rings. The third-order valence-electron chi connectivity index (χ3n) is 2.80. The van der Waals surface area contributed by atoms with Crippen LogP contribution in [0.1, 0.15) is 10.4 Å². The number of esters is 1. The first-order valence-electron chi connectivity index (χ1n) is 6.13. The van der Waals surface area contributed by atoms with Gasteiger partial charge in [-0.1, -0.05) is 23.7 Å². The highest BCUT2D eigenvalue weighted by Crippen LogP contribution is 2.16. The summed E-state index contributed by atoms with van der Waals surface area (Å²) in [5, 5.41) is 46.5. The van der Waals surface area contributed by atoms with E-state index < -0.39 is 43.6 Å². The highest BCUT2D eigenvalue weighted by Gasteiger charge is 2.30. The normalized spacial score (nSPS) is 16.9. The molecule has 8 heteroatoms. The standard InChI is InChI=1S/C13H17ClO7/c14-8-4-2-1-3-7(8)13(20)21-6-10(17)12(19)11(18)9(16)5-15/h1-4,9-12,15-19H,5-6H2/t9-,10+,11-,12-/m1/s1. The van der Waals surface area contributed by atoms with Crippen molar-refractivity contribution < 1.29 is 35.1 Å². The molecule has 118 valence electrons. The monoisotopic (exact) mass is 320 g/mol. The molecule has 0 unspecified atom stereocenters. The van der Waals surface area contributed by atoms with E-state index in [1.807, 2.05) is 0 Å². The smallest absolute Gasteiger partial charge is 0.339 e. The van der Waals surface area contributed by atoms with Gasteiger partial charge in [-0.3, -0.25) is 0 Å². The second kappa shape index (κ2) is 8.28. The van der Waals surface area contributed by atoms with Crippen LogP contribution in [0.3, 0.4) is 0 Å². The lowest BCUT2D eigenvalue weighted by Gasteiger charge is -2.25. The molecule has 0 saturated carbocycles. The molecular weight excluding hydrogens is 304 g/mol. The zero-order valence-electron chi connectivity index (χ0n) is 11.0. The lowest BCUT2D eigenvalue weighted by Crippen LogP contribution is -2.47. The van der Waals surface area contributed by atoms with Crippen LogP contribution in [0.2, 0.25) is 5.02 Å². The molecule has 0 bridgehead atoms. The Hall–Kier alpha value is -1.22. The second-order valence-electron chi connectivity index (χ2n) is 4.38. The Morgan fingerprint density at radius 3 is 2.24 bits per heavy atom. The van der Waals surface area contributed by atoms with Crippen LogP contribution in [-0.4, -0.2) is 69.1 Å².